The highest BCUT2D eigenvalue weighted by Gasteiger charge is 2.15. The second kappa shape index (κ2) is 8.91. The van der Waals surface area contributed by atoms with Crippen molar-refractivity contribution >= 4 is 11.9 Å². The molecule has 4 heteroatoms. The van der Waals surface area contributed by atoms with Gasteiger partial charge in [0.25, 0.3) is 0 Å². The number of carbonyl (C=O) groups is 2. The SMILES string of the molecule is C=C(OC(=O)c1ccccc1)C(=O)OCCCCCC. The summed E-state index contributed by atoms with van der Waals surface area (Å²) in [6, 6.07) is 8.42. The van der Waals surface area contributed by atoms with E-state index in [1.54, 1.807) is 30.3 Å². The second-order valence-corrected chi connectivity index (χ2v) is 4.38. The Bertz CT molecular complexity index is 451. The zero-order valence-electron chi connectivity index (χ0n) is 11.8. The predicted molar refractivity (Wildman–Crippen MR) is 76.1 cm³/mol. The standard InChI is InChI=1S/C16H20O4/c1-3-4-5-9-12-19-15(17)13(2)20-16(18)14-10-7-6-8-11-14/h6-8,10-11H,2-5,9,12H2,1H3. The second-order valence-electron chi connectivity index (χ2n) is 4.38. The van der Waals surface area contributed by atoms with Gasteiger partial charge in [-0.3, -0.25) is 0 Å². The summed E-state index contributed by atoms with van der Waals surface area (Å²) in [6.45, 7) is 5.85. The van der Waals surface area contributed by atoms with E-state index in [1.807, 2.05) is 0 Å². The highest BCUT2D eigenvalue weighted by molar-refractivity contribution is 5.95. The van der Waals surface area contributed by atoms with E-state index in [2.05, 4.69) is 13.5 Å². The van der Waals surface area contributed by atoms with Crippen LogP contribution in [0.15, 0.2) is 42.7 Å². The number of benzene rings is 1. The fourth-order valence-corrected chi connectivity index (χ4v) is 1.56. The van der Waals surface area contributed by atoms with Crippen LogP contribution >= 0.6 is 0 Å². The third-order valence-electron chi connectivity index (χ3n) is 2.68. The monoisotopic (exact) mass is 276 g/mol. The Labute approximate surface area is 119 Å². The van der Waals surface area contributed by atoms with Crippen LogP contribution in [-0.4, -0.2) is 18.5 Å². The molecule has 0 bridgehead atoms. The molecule has 0 unspecified atom stereocenters. The van der Waals surface area contributed by atoms with E-state index in [0.717, 1.165) is 25.7 Å². The molecule has 1 aromatic carbocycles. The van der Waals surface area contributed by atoms with Crippen LogP contribution in [0.1, 0.15) is 43.0 Å². The average Bonchev–Trinajstić information content (AvgIpc) is 2.47. The van der Waals surface area contributed by atoms with Gasteiger partial charge in [0.15, 0.2) is 0 Å². The Morgan fingerprint density at radius 2 is 1.80 bits per heavy atom. The quantitative estimate of drug-likeness (QED) is 0.316. The molecule has 0 aliphatic carbocycles. The molecule has 0 aliphatic rings. The lowest BCUT2D eigenvalue weighted by molar-refractivity contribution is -0.142. The van der Waals surface area contributed by atoms with Crippen LogP contribution in [0.25, 0.3) is 0 Å². The molecule has 0 radical (unpaired) electrons. The van der Waals surface area contributed by atoms with Gasteiger partial charge in [0.05, 0.1) is 12.2 Å². The van der Waals surface area contributed by atoms with Crippen molar-refractivity contribution in [2.45, 2.75) is 32.6 Å². The van der Waals surface area contributed by atoms with Gasteiger partial charge in [0.1, 0.15) is 0 Å². The molecule has 0 aromatic heterocycles. The van der Waals surface area contributed by atoms with Gasteiger partial charge in [-0.15, -0.1) is 0 Å². The van der Waals surface area contributed by atoms with E-state index in [1.165, 1.54) is 0 Å². The number of hydrogen-bond donors (Lipinski definition) is 0. The van der Waals surface area contributed by atoms with Gasteiger partial charge in [-0.25, -0.2) is 9.59 Å². The van der Waals surface area contributed by atoms with E-state index < -0.39 is 11.9 Å². The molecule has 0 atom stereocenters. The molecule has 0 heterocycles. The summed E-state index contributed by atoms with van der Waals surface area (Å²) in [7, 11) is 0. The van der Waals surface area contributed by atoms with E-state index in [9.17, 15) is 9.59 Å². The van der Waals surface area contributed by atoms with Crippen LogP contribution in [0.4, 0.5) is 0 Å². The maximum absolute atomic E-state index is 11.7. The first-order valence-corrected chi connectivity index (χ1v) is 6.78. The number of rotatable bonds is 8. The highest BCUT2D eigenvalue weighted by Crippen LogP contribution is 2.07. The van der Waals surface area contributed by atoms with Gasteiger partial charge in [-0.05, 0) is 25.1 Å². The lowest BCUT2D eigenvalue weighted by Gasteiger charge is -2.07. The molecule has 108 valence electrons. The minimum absolute atomic E-state index is 0.283. The molecule has 4 nitrogen and oxygen atoms in total. The number of esters is 2. The largest absolute Gasteiger partial charge is 0.460 e. The molecule has 0 spiro atoms. The number of unbranched alkanes of at least 4 members (excludes halogenated alkanes) is 3. The fraction of sp³-hybridized carbons (Fsp3) is 0.375. The molecule has 0 saturated carbocycles. The number of carbonyl (C=O) groups excluding carboxylic acids is 2. The molecule has 1 rings (SSSR count). The lowest BCUT2D eigenvalue weighted by atomic mass is 10.2. The highest BCUT2D eigenvalue weighted by atomic mass is 16.6. The predicted octanol–water partition coefficient (Wildman–Crippen LogP) is 3.48. The first-order valence-electron chi connectivity index (χ1n) is 6.78. The fourth-order valence-electron chi connectivity index (χ4n) is 1.56. The van der Waals surface area contributed by atoms with Crippen LogP contribution in [-0.2, 0) is 14.3 Å². The molecule has 0 fully saturated rings. The van der Waals surface area contributed by atoms with Gasteiger partial charge in [-0.1, -0.05) is 44.4 Å². The van der Waals surface area contributed by atoms with E-state index in [-0.39, 0.29) is 5.76 Å². The summed E-state index contributed by atoms with van der Waals surface area (Å²) in [4.78, 5) is 23.2. The molecular weight excluding hydrogens is 256 g/mol. The van der Waals surface area contributed by atoms with Gasteiger partial charge in [0, 0.05) is 0 Å². The molecule has 20 heavy (non-hydrogen) atoms. The van der Waals surface area contributed by atoms with Crippen LogP contribution in [0, 0.1) is 0 Å². The maximum atomic E-state index is 11.7. The third kappa shape index (κ3) is 5.69. The summed E-state index contributed by atoms with van der Waals surface area (Å²) in [5.41, 5.74) is 0.365. The third-order valence-corrected chi connectivity index (χ3v) is 2.68. The molecule has 0 amide bonds. The molecule has 0 aliphatic heterocycles. The summed E-state index contributed by atoms with van der Waals surface area (Å²) in [5, 5.41) is 0. The van der Waals surface area contributed by atoms with Gasteiger partial charge in [-0.2, -0.15) is 0 Å². The zero-order chi connectivity index (χ0) is 14.8. The van der Waals surface area contributed by atoms with Crippen molar-refractivity contribution in [3.8, 4) is 0 Å². The van der Waals surface area contributed by atoms with Crippen LogP contribution in [0.3, 0.4) is 0 Å². The van der Waals surface area contributed by atoms with Crippen LogP contribution < -0.4 is 0 Å². The summed E-state index contributed by atoms with van der Waals surface area (Å²) >= 11 is 0. The van der Waals surface area contributed by atoms with E-state index in [4.69, 9.17) is 9.47 Å². The van der Waals surface area contributed by atoms with Crippen LogP contribution in [0.5, 0.6) is 0 Å². The minimum Gasteiger partial charge on any atom is -0.460 e. The van der Waals surface area contributed by atoms with Crippen molar-refractivity contribution in [2.24, 2.45) is 0 Å². The summed E-state index contributed by atoms with van der Waals surface area (Å²) < 4.78 is 9.84. The van der Waals surface area contributed by atoms with Gasteiger partial charge in [0.2, 0.25) is 5.76 Å². The van der Waals surface area contributed by atoms with Gasteiger partial charge < -0.3 is 9.47 Å². The minimum atomic E-state index is -0.689. The molecule has 0 N–H and O–H groups in total. The number of ether oxygens (including phenoxy) is 2. The van der Waals surface area contributed by atoms with Crippen molar-refractivity contribution in [2.75, 3.05) is 6.61 Å². The van der Waals surface area contributed by atoms with Crippen molar-refractivity contribution < 1.29 is 19.1 Å². The lowest BCUT2D eigenvalue weighted by Crippen LogP contribution is -2.14. The van der Waals surface area contributed by atoms with Crippen molar-refractivity contribution in [1.82, 2.24) is 0 Å². The smallest absolute Gasteiger partial charge is 0.373 e. The Kier molecular flexibility index (Phi) is 7.11. The maximum Gasteiger partial charge on any atom is 0.373 e. The Morgan fingerprint density at radius 3 is 2.45 bits per heavy atom. The Hall–Kier alpha value is -2.10. The van der Waals surface area contributed by atoms with Crippen molar-refractivity contribution in [3.05, 3.63) is 48.2 Å². The molecule has 0 saturated heterocycles. The first-order chi connectivity index (χ1) is 9.65. The Morgan fingerprint density at radius 1 is 1.10 bits per heavy atom. The summed E-state index contributed by atoms with van der Waals surface area (Å²) in [6.07, 6.45) is 4.05. The number of hydrogen-bond acceptors (Lipinski definition) is 4. The molecular formula is C16H20O4. The van der Waals surface area contributed by atoms with Crippen LogP contribution in [0.2, 0.25) is 0 Å². The molecule has 1 aromatic rings. The van der Waals surface area contributed by atoms with Crippen molar-refractivity contribution in [1.29, 1.82) is 0 Å². The topological polar surface area (TPSA) is 52.6 Å². The van der Waals surface area contributed by atoms with E-state index >= 15 is 0 Å². The zero-order valence-corrected chi connectivity index (χ0v) is 11.8. The van der Waals surface area contributed by atoms with Crippen molar-refractivity contribution in [3.63, 3.8) is 0 Å². The normalized spacial score (nSPS) is 9.85. The summed E-state index contributed by atoms with van der Waals surface area (Å²) in [5.74, 6) is -1.58. The van der Waals surface area contributed by atoms with Gasteiger partial charge >= 0.3 is 11.9 Å². The Balaban J connectivity index is 2.31. The first kappa shape index (κ1) is 16.0. The average molecular weight is 276 g/mol. The van der Waals surface area contributed by atoms with E-state index in [0.29, 0.717) is 12.2 Å².